The predicted octanol–water partition coefficient (Wildman–Crippen LogP) is 5.89. The summed E-state index contributed by atoms with van der Waals surface area (Å²) in [6.07, 6.45) is 7.82. The van der Waals surface area contributed by atoms with Crippen LogP contribution in [-0.2, 0) is 0 Å². The number of aromatic nitrogens is 7. The fourth-order valence-electron chi connectivity index (χ4n) is 4.35. The van der Waals surface area contributed by atoms with Crippen LogP contribution in [0.4, 0.5) is 14.5 Å². The molecule has 12 heteroatoms. The van der Waals surface area contributed by atoms with Crippen molar-refractivity contribution in [1.29, 1.82) is 0 Å². The largest absolute Gasteiger partial charge is 0.374 e. The van der Waals surface area contributed by atoms with E-state index in [2.05, 4.69) is 47.4 Å². The number of fused-ring (bicyclic) bond motifs is 2. The maximum Gasteiger partial charge on any atom is 0.184 e. The molecule has 192 valence electrons. The van der Waals surface area contributed by atoms with Crippen molar-refractivity contribution in [2.24, 2.45) is 0 Å². The first-order valence-corrected chi connectivity index (χ1v) is 12.9. The molecule has 0 aliphatic heterocycles. The lowest BCUT2D eigenvalue weighted by molar-refractivity contribution is 0.190. The van der Waals surface area contributed by atoms with Crippen molar-refractivity contribution in [3.8, 4) is 33.1 Å². The van der Waals surface area contributed by atoms with E-state index in [1.165, 1.54) is 18.5 Å². The fraction of sp³-hybridized carbons (Fsp3) is 0.192. The average molecular weight is 533 g/mol. The number of aliphatic hydroxyl groups is 1. The van der Waals surface area contributed by atoms with E-state index in [1.54, 1.807) is 30.6 Å². The highest BCUT2D eigenvalue weighted by atomic mass is 32.1. The molecule has 0 saturated heterocycles. The molecule has 1 unspecified atom stereocenters. The number of hydrogen-bond donors (Lipinski definition) is 4. The highest BCUT2D eigenvalue weighted by Gasteiger charge is 2.21. The van der Waals surface area contributed by atoms with Crippen LogP contribution in [0.15, 0.2) is 49.1 Å². The summed E-state index contributed by atoms with van der Waals surface area (Å²) in [5, 5.41) is 20.1. The van der Waals surface area contributed by atoms with E-state index < -0.39 is 12.0 Å². The molecule has 9 nitrogen and oxygen atoms in total. The van der Waals surface area contributed by atoms with Crippen LogP contribution in [0.1, 0.15) is 26.2 Å². The molecule has 6 rings (SSSR count). The lowest BCUT2D eigenvalue weighted by Gasteiger charge is -2.14. The third kappa shape index (κ3) is 4.37. The molecule has 6 aromatic heterocycles. The topological polar surface area (TPSA) is 128 Å². The maximum absolute atomic E-state index is 16.0. The number of anilines is 1. The summed E-state index contributed by atoms with van der Waals surface area (Å²) >= 11 is 1.02. The Balaban J connectivity index is 1.40. The minimum absolute atomic E-state index is 0.159. The van der Waals surface area contributed by atoms with Gasteiger partial charge >= 0.3 is 0 Å². The van der Waals surface area contributed by atoms with Gasteiger partial charge in [-0.3, -0.25) is 10.1 Å². The minimum atomic E-state index is -0.727. The van der Waals surface area contributed by atoms with Crippen LogP contribution in [0.25, 0.3) is 55.3 Å². The molecule has 0 spiro atoms. The van der Waals surface area contributed by atoms with Gasteiger partial charge in [0, 0.05) is 40.2 Å². The fourth-order valence-corrected chi connectivity index (χ4v) is 5.11. The standard InChI is InChI=1S/C26H22F2N8OS/c1-2-3-4-19(37)32-14-9-13(10-29-11-14)16-12-31-24-20(21(16)28)23(35-36-24)26-33-22-15(7-8-30-25(22)34-26)17-5-6-18(27)38-17/h5-12,19,32,37H,2-4H2,1H3,(H,30,33,34)(H,31,35,36). The van der Waals surface area contributed by atoms with Gasteiger partial charge in [0.05, 0.1) is 22.8 Å². The second-order valence-corrected chi connectivity index (χ2v) is 9.83. The second-order valence-electron chi connectivity index (χ2n) is 8.79. The van der Waals surface area contributed by atoms with Gasteiger partial charge in [0.15, 0.2) is 22.2 Å². The highest BCUT2D eigenvalue weighted by Crippen LogP contribution is 2.35. The molecule has 0 aliphatic rings. The van der Waals surface area contributed by atoms with Crippen molar-refractivity contribution in [2.45, 2.75) is 32.4 Å². The van der Waals surface area contributed by atoms with E-state index in [1.807, 2.05) is 0 Å². The number of rotatable bonds is 8. The number of nitrogens with zero attached hydrogens (tertiary/aromatic N) is 5. The molecule has 0 bridgehead atoms. The van der Waals surface area contributed by atoms with Gasteiger partial charge in [-0.1, -0.05) is 13.3 Å². The second kappa shape index (κ2) is 9.88. The summed E-state index contributed by atoms with van der Waals surface area (Å²) in [5.41, 5.74) is 3.52. The molecule has 38 heavy (non-hydrogen) atoms. The zero-order valence-corrected chi connectivity index (χ0v) is 21.0. The predicted molar refractivity (Wildman–Crippen MR) is 142 cm³/mol. The number of pyridine rings is 3. The molecule has 0 amide bonds. The lowest BCUT2D eigenvalue weighted by Crippen LogP contribution is -2.18. The normalized spacial score (nSPS) is 12.4. The zero-order valence-electron chi connectivity index (χ0n) is 20.2. The van der Waals surface area contributed by atoms with Crippen molar-refractivity contribution in [2.75, 3.05) is 5.32 Å². The monoisotopic (exact) mass is 532 g/mol. The number of imidazole rings is 1. The number of unbranched alkanes of at least 4 members (excludes halogenated alkanes) is 1. The van der Waals surface area contributed by atoms with Crippen LogP contribution in [0.5, 0.6) is 0 Å². The third-order valence-corrected chi connectivity index (χ3v) is 7.11. The number of thiophene rings is 1. The zero-order chi connectivity index (χ0) is 26.2. The van der Waals surface area contributed by atoms with Gasteiger partial charge in [0.2, 0.25) is 0 Å². The number of aromatic amines is 2. The van der Waals surface area contributed by atoms with Crippen LogP contribution < -0.4 is 5.32 Å². The molecule has 1 atom stereocenters. The lowest BCUT2D eigenvalue weighted by atomic mass is 10.1. The third-order valence-electron chi connectivity index (χ3n) is 6.20. The van der Waals surface area contributed by atoms with Crippen molar-refractivity contribution < 1.29 is 13.9 Å². The molecule has 6 heterocycles. The van der Waals surface area contributed by atoms with Crippen molar-refractivity contribution in [1.82, 2.24) is 35.1 Å². The number of hydrogen-bond acceptors (Lipinski definition) is 8. The smallest absolute Gasteiger partial charge is 0.184 e. The summed E-state index contributed by atoms with van der Waals surface area (Å²) < 4.78 is 29.7. The van der Waals surface area contributed by atoms with Gasteiger partial charge < -0.3 is 15.4 Å². The summed E-state index contributed by atoms with van der Waals surface area (Å²) in [6.45, 7) is 2.05. The first-order chi connectivity index (χ1) is 18.5. The van der Waals surface area contributed by atoms with Crippen molar-refractivity contribution in [3.05, 3.63) is 60.0 Å². The van der Waals surface area contributed by atoms with Gasteiger partial charge in [-0.2, -0.15) is 9.49 Å². The Morgan fingerprint density at radius 2 is 1.97 bits per heavy atom. The van der Waals surface area contributed by atoms with Crippen LogP contribution in [0.2, 0.25) is 0 Å². The number of halogens is 2. The Morgan fingerprint density at radius 3 is 2.79 bits per heavy atom. The van der Waals surface area contributed by atoms with E-state index in [0.717, 1.165) is 34.6 Å². The Morgan fingerprint density at radius 1 is 1.08 bits per heavy atom. The van der Waals surface area contributed by atoms with E-state index >= 15 is 4.39 Å². The van der Waals surface area contributed by atoms with E-state index in [9.17, 15) is 9.50 Å². The van der Waals surface area contributed by atoms with E-state index in [0.29, 0.717) is 40.4 Å². The summed E-state index contributed by atoms with van der Waals surface area (Å²) in [4.78, 5) is 21.3. The Hall–Kier alpha value is -4.29. The van der Waals surface area contributed by atoms with Gasteiger partial charge in [-0.05, 0) is 37.1 Å². The van der Waals surface area contributed by atoms with Gasteiger partial charge in [-0.15, -0.1) is 11.3 Å². The van der Waals surface area contributed by atoms with E-state index in [-0.39, 0.29) is 21.7 Å². The molecule has 6 aromatic rings. The first-order valence-electron chi connectivity index (χ1n) is 12.0. The molecule has 4 N–H and O–H groups in total. The highest BCUT2D eigenvalue weighted by molar-refractivity contribution is 7.14. The number of aliphatic hydroxyl groups excluding tert-OH is 1. The molecular formula is C26H22F2N8OS. The molecule has 0 saturated carbocycles. The van der Waals surface area contributed by atoms with Crippen molar-refractivity contribution >= 4 is 39.2 Å². The molecule has 0 radical (unpaired) electrons. The maximum atomic E-state index is 16.0. The number of nitrogens with one attached hydrogen (secondary N) is 3. The SMILES string of the molecule is CCCCC(O)Nc1cncc(-c2cnc3n[nH]c(-c4nc5nccc(-c6ccc(F)s6)c5[nH]4)c3c2F)c1. The Bertz CT molecular complexity index is 1760. The number of H-pyrrole nitrogens is 2. The molecular weight excluding hydrogens is 510 g/mol. The first kappa shape index (κ1) is 24.1. The van der Waals surface area contributed by atoms with Gasteiger partial charge in [-0.25, -0.2) is 19.3 Å². The van der Waals surface area contributed by atoms with Crippen LogP contribution in [0.3, 0.4) is 0 Å². The molecule has 0 aromatic carbocycles. The molecule has 0 aliphatic carbocycles. The van der Waals surface area contributed by atoms with E-state index in [4.69, 9.17) is 0 Å². The quantitative estimate of drug-likeness (QED) is 0.180. The summed E-state index contributed by atoms with van der Waals surface area (Å²) in [6, 6.07) is 6.58. The Labute approximate surface area is 219 Å². The van der Waals surface area contributed by atoms with Gasteiger partial charge in [0.25, 0.3) is 0 Å². The Kier molecular flexibility index (Phi) is 6.26. The van der Waals surface area contributed by atoms with Crippen LogP contribution in [0, 0.1) is 10.9 Å². The van der Waals surface area contributed by atoms with Gasteiger partial charge in [0.1, 0.15) is 17.7 Å². The van der Waals surface area contributed by atoms with Crippen molar-refractivity contribution in [3.63, 3.8) is 0 Å². The minimum Gasteiger partial charge on any atom is -0.374 e. The molecule has 0 fully saturated rings. The van der Waals surface area contributed by atoms with Crippen LogP contribution in [-0.4, -0.2) is 46.5 Å². The van der Waals surface area contributed by atoms with Crippen LogP contribution >= 0.6 is 11.3 Å². The summed E-state index contributed by atoms with van der Waals surface area (Å²) in [7, 11) is 0. The summed E-state index contributed by atoms with van der Waals surface area (Å²) in [5.74, 6) is -0.219. The average Bonchev–Trinajstić information content (AvgIpc) is 3.65.